The van der Waals surface area contributed by atoms with E-state index in [0.29, 0.717) is 28.6 Å². The first-order chi connectivity index (χ1) is 6.85. The van der Waals surface area contributed by atoms with E-state index < -0.39 is 0 Å². The van der Waals surface area contributed by atoms with Crippen LogP contribution >= 0.6 is 0 Å². The van der Waals surface area contributed by atoms with E-state index in [-0.39, 0.29) is 0 Å². The van der Waals surface area contributed by atoms with Crippen LogP contribution in [0, 0.1) is 23.7 Å². The van der Waals surface area contributed by atoms with Crippen molar-refractivity contribution >= 4 is 6.01 Å². The largest absolute Gasteiger partial charge is 0.337 e. The molecule has 0 atom stereocenters. The first kappa shape index (κ1) is 10.5. The molecule has 15 heavy (non-hydrogen) atoms. The first-order valence-corrected chi connectivity index (χ1v) is 5.40. The number of hydrogen-bond acceptors (Lipinski definition) is 4. The summed E-state index contributed by atoms with van der Waals surface area (Å²) in [5.74, 6) is 1.34. The third-order valence-electron chi connectivity index (χ3n) is 4.30. The van der Waals surface area contributed by atoms with Gasteiger partial charge in [-0.2, -0.15) is 4.98 Å². The zero-order valence-corrected chi connectivity index (χ0v) is 10.1. The van der Waals surface area contributed by atoms with Crippen molar-refractivity contribution in [2.75, 3.05) is 11.9 Å². The molecule has 0 radical (unpaired) electrons. The van der Waals surface area contributed by atoms with Gasteiger partial charge < -0.3 is 9.84 Å². The van der Waals surface area contributed by atoms with Crippen molar-refractivity contribution in [1.82, 2.24) is 10.1 Å². The van der Waals surface area contributed by atoms with Crippen molar-refractivity contribution in [3.05, 3.63) is 5.82 Å². The highest BCUT2D eigenvalue weighted by molar-refractivity contribution is 5.23. The Balaban J connectivity index is 1.91. The minimum absolute atomic E-state index is 0.398. The van der Waals surface area contributed by atoms with Crippen LogP contribution in [0.5, 0.6) is 0 Å². The molecule has 0 aromatic carbocycles. The van der Waals surface area contributed by atoms with Crippen molar-refractivity contribution in [2.24, 2.45) is 16.7 Å². The topological polar surface area (TPSA) is 51.0 Å². The molecule has 1 heterocycles. The molecular formula is C11H19N3O. The lowest BCUT2D eigenvalue weighted by molar-refractivity contribution is 0.423. The lowest BCUT2D eigenvalue weighted by Crippen LogP contribution is -2.08. The Labute approximate surface area is 90.4 Å². The van der Waals surface area contributed by atoms with Crippen LogP contribution in [-0.2, 0) is 0 Å². The van der Waals surface area contributed by atoms with E-state index in [0.717, 1.165) is 6.54 Å². The van der Waals surface area contributed by atoms with Gasteiger partial charge in [-0.25, -0.2) is 0 Å². The Morgan fingerprint density at radius 1 is 1.27 bits per heavy atom. The standard InChI is InChI=1S/C11H19N3O/c1-7-13-9(15-14-7)12-6-8-10(2,3)11(8,4)5/h8H,6H2,1-5H3,(H,12,13,14). The van der Waals surface area contributed by atoms with Gasteiger partial charge in [-0.05, 0) is 23.7 Å². The van der Waals surface area contributed by atoms with Gasteiger partial charge >= 0.3 is 6.01 Å². The number of nitrogens with one attached hydrogen (secondary N) is 1. The lowest BCUT2D eigenvalue weighted by atomic mass is 10.0. The fraction of sp³-hybridized carbons (Fsp3) is 0.818. The van der Waals surface area contributed by atoms with E-state index in [1.165, 1.54) is 0 Å². The zero-order valence-electron chi connectivity index (χ0n) is 10.1. The highest BCUT2D eigenvalue weighted by Crippen LogP contribution is 2.68. The zero-order chi connectivity index (χ0) is 11.3. The Morgan fingerprint density at radius 3 is 2.27 bits per heavy atom. The summed E-state index contributed by atoms with van der Waals surface area (Å²) in [6.07, 6.45) is 0. The minimum Gasteiger partial charge on any atom is -0.337 e. The summed E-state index contributed by atoms with van der Waals surface area (Å²) in [7, 11) is 0. The molecule has 4 heteroatoms. The van der Waals surface area contributed by atoms with E-state index in [2.05, 4.69) is 43.2 Å². The molecule has 1 aromatic rings. The number of hydrogen-bond donors (Lipinski definition) is 1. The second-order valence-electron chi connectivity index (χ2n) is 5.52. The molecule has 0 unspecified atom stereocenters. The smallest absolute Gasteiger partial charge is 0.321 e. The molecule has 0 saturated heterocycles. The molecular weight excluding hydrogens is 190 g/mol. The van der Waals surface area contributed by atoms with Crippen LogP contribution < -0.4 is 5.32 Å². The van der Waals surface area contributed by atoms with Crippen molar-refractivity contribution < 1.29 is 4.52 Å². The SMILES string of the molecule is Cc1noc(NCC2C(C)(C)C2(C)C)n1. The molecule has 84 valence electrons. The number of anilines is 1. The highest BCUT2D eigenvalue weighted by Gasteiger charge is 2.64. The van der Waals surface area contributed by atoms with Crippen LogP contribution in [0.1, 0.15) is 33.5 Å². The van der Waals surface area contributed by atoms with Crippen molar-refractivity contribution in [1.29, 1.82) is 0 Å². The maximum atomic E-state index is 5.01. The van der Waals surface area contributed by atoms with Crippen LogP contribution in [0.4, 0.5) is 6.01 Å². The Bertz CT molecular complexity index is 354. The van der Waals surface area contributed by atoms with Gasteiger partial charge in [0, 0.05) is 6.54 Å². The van der Waals surface area contributed by atoms with Crippen LogP contribution in [-0.4, -0.2) is 16.7 Å². The van der Waals surface area contributed by atoms with Gasteiger partial charge in [0.15, 0.2) is 5.82 Å². The maximum absolute atomic E-state index is 5.01. The molecule has 1 N–H and O–H groups in total. The average molecular weight is 209 g/mol. The predicted octanol–water partition coefficient (Wildman–Crippen LogP) is 2.47. The quantitative estimate of drug-likeness (QED) is 0.830. The molecule has 1 aliphatic rings. The fourth-order valence-electron chi connectivity index (χ4n) is 2.40. The van der Waals surface area contributed by atoms with E-state index in [1.54, 1.807) is 0 Å². The van der Waals surface area contributed by atoms with Crippen LogP contribution in [0.2, 0.25) is 0 Å². The second-order valence-corrected chi connectivity index (χ2v) is 5.52. The summed E-state index contributed by atoms with van der Waals surface area (Å²) in [5.41, 5.74) is 0.796. The van der Waals surface area contributed by atoms with Crippen molar-refractivity contribution in [2.45, 2.75) is 34.6 Å². The van der Waals surface area contributed by atoms with Gasteiger partial charge in [-0.3, -0.25) is 0 Å². The molecule has 2 rings (SSSR count). The predicted molar refractivity (Wildman–Crippen MR) is 58.6 cm³/mol. The fourth-order valence-corrected chi connectivity index (χ4v) is 2.40. The number of aryl methyl sites for hydroxylation is 1. The first-order valence-electron chi connectivity index (χ1n) is 5.40. The summed E-state index contributed by atoms with van der Waals surface area (Å²) in [4.78, 5) is 4.12. The Hall–Kier alpha value is -1.06. The molecule has 0 aliphatic heterocycles. The molecule has 1 saturated carbocycles. The molecule has 4 nitrogen and oxygen atoms in total. The summed E-state index contributed by atoms with van der Waals surface area (Å²) in [6, 6.07) is 0.533. The van der Waals surface area contributed by atoms with Crippen molar-refractivity contribution in [3.63, 3.8) is 0 Å². The average Bonchev–Trinajstić information content (AvgIpc) is 2.50. The van der Waals surface area contributed by atoms with Crippen molar-refractivity contribution in [3.8, 4) is 0 Å². The summed E-state index contributed by atoms with van der Waals surface area (Å²) >= 11 is 0. The molecule has 0 bridgehead atoms. The van der Waals surface area contributed by atoms with Gasteiger partial charge in [0.25, 0.3) is 0 Å². The monoisotopic (exact) mass is 209 g/mol. The highest BCUT2D eigenvalue weighted by atomic mass is 16.5. The number of rotatable bonds is 3. The van der Waals surface area contributed by atoms with E-state index >= 15 is 0 Å². The summed E-state index contributed by atoms with van der Waals surface area (Å²) in [5, 5.41) is 6.94. The lowest BCUT2D eigenvalue weighted by Gasteiger charge is -2.04. The van der Waals surface area contributed by atoms with Gasteiger partial charge in [-0.1, -0.05) is 32.9 Å². The molecule has 1 aromatic heterocycles. The molecule has 0 spiro atoms. The molecule has 1 aliphatic carbocycles. The van der Waals surface area contributed by atoms with Gasteiger partial charge in [0.05, 0.1) is 0 Å². The Morgan fingerprint density at radius 2 is 1.87 bits per heavy atom. The van der Waals surface area contributed by atoms with E-state index in [1.807, 2.05) is 6.92 Å². The van der Waals surface area contributed by atoms with Gasteiger partial charge in [0.2, 0.25) is 0 Å². The van der Waals surface area contributed by atoms with Crippen LogP contribution in [0.3, 0.4) is 0 Å². The summed E-state index contributed by atoms with van der Waals surface area (Å²) < 4.78 is 5.01. The van der Waals surface area contributed by atoms with E-state index in [9.17, 15) is 0 Å². The number of nitrogens with zero attached hydrogens (tertiary/aromatic N) is 2. The minimum atomic E-state index is 0.398. The van der Waals surface area contributed by atoms with Gasteiger partial charge in [-0.15, -0.1) is 0 Å². The van der Waals surface area contributed by atoms with E-state index in [4.69, 9.17) is 4.52 Å². The maximum Gasteiger partial charge on any atom is 0.321 e. The van der Waals surface area contributed by atoms with Crippen LogP contribution in [0.25, 0.3) is 0 Å². The number of aromatic nitrogens is 2. The Kier molecular flexibility index (Phi) is 2.07. The third-order valence-corrected chi connectivity index (χ3v) is 4.30. The normalized spacial score (nSPS) is 22.7. The summed E-state index contributed by atoms with van der Waals surface area (Å²) in [6.45, 7) is 11.9. The third kappa shape index (κ3) is 1.52. The van der Waals surface area contributed by atoms with Crippen LogP contribution in [0.15, 0.2) is 4.52 Å². The molecule has 1 fully saturated rings. The van der Waals surface area contributed by atoms with Gasteiger partial charge in [0.1, 0.15) is 0 Å². The molecule has 0 amide bonds. The second kappa shape index (κ2) is 2.97.